The van der Waals surface area contributed by atoms with E-state index in [-0.39, 0.29) is 11.5 Å². The lowest BCUT2D eigenvalue weighted by atomic mass is 9.78. The van der Waals surface area contributed by atoms with Gasteiger partial charge in [0, 0.05) is 22.9 Å². The second-order valence-corrected chi connectivity index (χ2v) is 6.26. The molecule has 0 unspecified atom stereocenters. The smallest absolute Gasteiger partial charge is 0.267 e. The Morgan fingerprint density at radius 2 is 1.63 bits per heavy atom. The van der Waals surface area contributed by atoms with Crippen LogP contribution in [0, 0.1) is 12.8 Å². The number of carbonyl (C=O) groups is 1. The Morgan fingerprint density at radius 3 is 2.04 bits per heavy atom. The Hall–Kier alpha value is -3.23. The summed E-state index contributed by atoms with van der Waals surface area (Å²) >= 11 is 0. The van der Waals surface area contributed by atoms with Gasteiger partial charge in [0.05, 0.1) is 27.2 Å². The fourth-order valence-electron chi connectivity index (χ4n) is 3.50. The molecule has 0 spiro atoms. The number of aromatic amines is 2. The zero-order chi connectivity index (χ0) is 19.7. The van der Waals surface area contributed by atoms with E-state index >= 15 is 0 Å². The van der Waals surface area contributed by atoms with Crippen molar-refractivity contribution in [1.29, 1.82) is 0 Å². The predicted molar refractivity (Wildman–Crippen MR) is 98.8 cm³/mol. The molecule has 144 valence electrons. The molecule has 0 bridgehead atoms. The molecule has 9 nitrogen and oxygen atoms in total. The van der Waals surface area contributed by atoms with Gasteiger partial charge in [-0.15, -0.1) is 0 Å². The second-order valence-electron chi connectivity index (χ2n) is 6.26. The molecule has 1 aromatic heterocycles. The predicted octanol–water partition coefficient (Wildman–Crippen LogP) is 1.29. The maximum Gasteiger partial charge on any atom is 0.267 e. The fraction of sp³-hybridized carbons (Fsp3) is 0.389. The van der Waals surface area contributed by atoms with E-state index in [1.165, 1.54) is 21.3 Å². The Morgan fingerprint density at radius 1 is 1.00 bits per heavy atom. The number of nitrogens with zero attached hydrogens (tertiary/aromatic N) is 1. The van der Waals surface area contributed by atoms with Gasteiger partial charge in [0.2, 0.25) is 11.7 Å². The highest BCUT2D eigenvalue weighted by Gasteiger charge is 2.40. The minimum absolute atomic E-state index is 0.272. The van der Waals surface area contributed by atoms with Crippen molar-refractivity contribution in [2.45, 2.75) is 19.8 Å². The van der Waals surface area contributed by atoms with Crippen LogP contribution >= 0.6 is 0 Å². The molecular formula is C18H22N4O5. The molecule has 2 atom stereocenters. The number of hydrogen-bond acceptors (Lipinski definition) is 6. The molecular weight excluding hydrogens is 352 g/mol. The van der Waals surface area contributed by atoms with Gasteiger partial charge in [0.15, 0.2) is 11.5 Å². The normalized spacial score (nSPS) is 17.3. The summed E-state index contributed by atoms with van der Waals surface area (Å²) in [6.45, 7) is 3.53. The zero-order valence-electron chi connectivity index (χ0n) is 15.8. The van der Waals surface area contributed by atoms with E-state index in [0.717, 1.165) is 0 Å². The van der Waals surface area contributed by atoms with Gasteiger partial charge in [-0.1, -0.05) is 0 Å². The van der Waals surface area contributed by atoms with E-state index in [1.54, 1.807) is 26.0 Å². The molecule has 3 N–H and O–H groups in total. The number of H-pyrrole nitrogens is 2. The van der Waals surface area contributed by atoms with Gasteiger partial charge in [-0.3, -0.25) is 14.7 Å². The molecule has 27 heavy (non-hydrogen) atoms. The summed E-state index contributed by atoms with van der Waals surface area (Å²) < 4.78 is 16.2. The third-order valence-electron chi connectivity index (χ3n) is 4.78. The monoisotopic (exact) mass is 374 g/mol. The number of amides is 1. The first-order valence-corrected chi connectivity index (χ1v) is 8.34. The highest BCUT2D eigenvalue weighted by molar-refractivity contribution is 6.08. The molecule has 0 radical (unpaired) electrons. The van der Waals surface area contributed by atoms with Crippen molar-refractivity contribution in [2.75, 3.05) is 21.3 Å². The van der Waals surface area contributed by atoms with Crippen LogP contribution < -0.4 is 25.2 Å². The lowest BCUT2D eigenvalue weighted by Crippen LogP contribution is -2.31. The van der Waals surface area contributed by atoms with Crippen molar-refractivity contribution in [3.05, 3.63) is 39.3 Å². The maximum atomic E-state index is 12.5. The standard InChI is InChI=1S/C18H22N4O5/c1-8-13(17(23)21-19-8)15(14-9(2)20-22-18(14)24)10-6-11(25-3)16(27-5)12(7-10)26-4/h6-7,13,15H,1-5H3,(H,21,23)(H2,20,22,24)/t13-,15-/m0/s1. The van der Waals surface area contributed by atoms with Gasteiger partial charge < -0.3 is 19.3 Å². The summed E-state index contributed by atoms with van der Waals surface area (Å²) in [4.78, 5) is 25.0. The van der Waals surface area contributed by atoms with Crippen LogP contribution in [0.4, 0.5) is 0 Å². The summed E-state index contributed by atoms with van der Waals surface area (Å²) in [6.07, 6.45) is 0. The first-order chi connectivity index (χ1) is 12.9. The molecule has 2 heterocycles. The minimum atomic E-state index is -0.636. The van der Waals surface area contributed by atoms with Gasteiger partial charge in [0.25, 0.3) is 5.56 Å². The number of rotatable bonds is 6. The average Bonchev–Trinajstić information content (AvgIpc) is 3.17. The number of nitrogens with one attached hydrogen (secondary N) is 3. The van der Waals surface area contributed by atoms with Crippen molar-refractivity contribution < 1.29 is 19.0 Å². The highest BCUT2D eigenvalue weighted by atomic mass is 16.5. The first kappa shape index (κ1) is 18.6. The van der Waals surface area contributed by atoms with Gasteiger partial charge in [0.1, 0.15) is 0 Å². The number of methoxy groups -OCH3 is 3. The van der Waals surface area contributed by atoms with Crippen molar-refractivity contribution in [3.63, 3.8) is 0 Å². The van der Waals surface area contributed by atoms with Gasteiger partial charge in [-0.25, -0.2) is 5.43 Å². The highest BCUT2D eigenvalue weighted by Crippen LogP contribution is 2.43. The maximum absolute atomic E-state index is 12.5. The number of aromatic nitrogens is 2. The van der Waals surface area contributed by atoms with Crippen molar-refractivity contribution in [3.8, 4) is 17.2 Å². The van der Waals surface area contributed by atoms with E-state index < -0.39 is 11.8 Å². The molecule has 0 saturated carbocycles. The van der Waals surface area contributed by atoms with Gasteiger partial charge in [-0.2, -0.15) is 5.10 Å². The van der Waals surface area contributed by atoms with Crippen LogP contribution in [-0.4, -0.2) is 43.1 Å². The largest absolute Gasteiger partial charge is 0.493 e. The van der Waals surface area contributed by atoms with E-state index in [1.807, 2.05) is 0 Å². The molecule has 0 saturated heterocycles. The third-order valence-corrected chi connectivity index (χ3v) is 4.78. The fourth-order valence-corrected chi connectivity index (χ4v) is 3.50. The quantitative estimate of drug-likeness (QED) is 0.704. The number of aryl methyl sites for hydroxylation is 1. The Balaban J connectivity index is 2.28. The molecule has 9 heteroatoms. The van der Waals surface area contributed by atoms with Crippen LogP contribution in [0.5, 0.6) is 17.2 Å². The Labute approximate surface area is 155 Å². The Kier molecular flexibility index (Phi) is 4.93. The Bertz CT molecular complexity index is 934. The van der Waals surface area contributed by atoms with Crippen molar-refractivity contribution in [1.82, 2.24) is 15.6 Å². The number of ether oxygens (including phenoxy) is 3. The molecule has 0 aliphatic carbocycles. The number of benzene rings is 1. The lowest BCUT2D eigenvalue weighted by molar-refractivity contribution is -0.122. The van der Waals surface area contributed by atoms with Crippen LogP contribution in [0.1, 0.15) is 29.7 Å². The molecule has 1 aliphatic heterocycles. The van der Waals surface area contributed by atoms with Crippen LogP contribution in [0.15, 0.2) is 22.0 Å². The second kappa shape index (κ2) is 7.18. The van der Waals surface area contributed by atoms with E-state index in [2.05, 4.69) is 20.7 Å². The zero-order valence-corrected chi connectivity index (χ0v) is 15.8. The number of hydrazone groups is 1. The molecule has 1 amide bonds. The third kappa shape index (κ3) is 3.05. The number of carbonyl (C=O) groups excluding carboxylic acids is 1. The van der Waals surface area contributed by atoms with Crippen molar-refractivity contribution >= 4 is 11.6 Å². The van der Waals surface area contributed by atoms with Gasteiger partial charge >= 0.3 is 0 Å². The summed E-state index contributed by atoms with van der Waals surface area (Å²) in [6, 6.07) is 3.49. The topological polar surface area (TPSA) is 118 Å². The van der Waals surface area contributed by atoms with Crippen LogP contribution in [-0.2, 0) is 4.79 Å². The van der Waals surface area contributed by atoms with Crippen LogP contribution in [0.2, 0.25) is 0 Å². The molecule has 1 aromatic carbocycles. The SMILES string of the molecule is COc1cc([C@H](c2c(C)[nH][nH]c2=O)[C@H]2C(=O)NN=C2C)cc(OC)c1OC. The van der Waals surface area contributed by atoms with E-state index in [0.29, 0.717) is 39.8 Å². The minimum Gasteiger partial charge on any atom is -0.493 e. The first-order valence-electron chi connectivity index (χ1n) is 8.34. The number of hydrogen-bond donors (Lipinski definition) is 3. The summed E-state index contributed by atoms with van der Waals surface area (Å²) in [5.74, 6) is -0.179. The molecule has 3 rings (SSSR count). The molecule has 2 aromatic rings. The summed E-state index contributed by atoms with van der Waals surface area (Å²) in [5, 5.41) is 9.45. The van der Waals surface area contributed by atoms with E-state index in [4.69, 9.17) is 14.2 Å². The summed E-state index contributed by atoms with van der Waals surface area (Å²) in [7, 11) is 4.54. The van der Waals surface area contributed by atoms with Gasteiger partial charge in [-0.05, 0) is 31.5 Å². The van der Waals surface area contributed by atoms with E-state index in [9.17, 15) is 9.59 Å². The van der Waals surface area contributed by atoms with Crippen molar-refractivity contribution in [2.24, 2.45) is 11.0 Å². The lowest BCUT2D eigenvalue weighted by Gasteiger charge is -2.24. The molecule has 1 aliphatic rings. The van der Waals surface area contributed by atoms with Crippen LogP contribution in [0.3, 0.4) is 0 Å². The molecule has 0 fully saturated rings. The summed E-state index contributed by atoms with van der Waals surface area (Å²) in [5.41, 5.74) is 4.57. The van der Waals surface area contributed by atoms with Crippen LogP contribution in [0.25, 0.3) is 0 Å². The average molecular weight is 374 g/mol.